The van der Waals surface area contributed by atoms with Crippen LogP contribution < -0.4 is 4.74 Å². The van der Waals surface area contributed by atoms with Crippen molar-refractivity contribution in [2.75, 3.05) is 19.8 Å². The first kappa shape index (κ1) is 13.9. The number of ether oxygens (including phenoxy) is 2. The molecule has 0 atom stereocenters. The molecule has 4 heteroatoms. The van der Waals surface area contributed by atoms with Crippen LogP contribution in [-0.2, 0) is 11.3 Å². The van der Waals surface area contributed by atoms with Crippen molar-refractivity contribution in [3.05, 3.63) is 23.4 Å². The van der Waals surface area contributed by atoms with Gasteiger partial charge in [0.15, 0.2) is 0 Å². The number of hydrogen-bond acceptors (Lipinski definition) is 4. The molecule has 1 aromatic rings. The highest BCUT2D eigenvalue weighted by molar-refractivity contribution is 5.26. The molecule has 0 amide bonds. The quantitative estimate of drug-likeness (QED) is 0.740. The van der Waals surface area contributed by atoms with Gasteiger partial charge >= 0.3 is 0 Å². The summed E-state index contributed by atoms with van der Waals surface area (Å²) >= 11 is 0. The number of nitrogens with zero attached hydrogens (tertiary/aromatic N) is 1. The van der Waals surface area contributed by atoms with E-state index in [4.69, 9.17) is 14.6 Å². The fourth-order valence-electron chi connectivity index (χ4n) is 1.39. The first-order chi connectivity index (χ1) is 8.17. The molecular weight excluding hydrogens is 218 g/mol. The highest BCUT2D eigenvalue weighted by Gasteiger charge is 2.06. The van der Waals surface area contributed by atoms with Crippen molar-refractivity contribution >= 4 is 0 Å². The third-order valence-corrected chi connectivity index (χ3v) is 2.34. The van der Waals surface area contributed by atoms with Crippen LogP contribution >= 0.6 is 0 Å². The summed E-state index contributed by atoms with van der Waals surface area (Å²) in [5, 5.41) is 9.17. The fourth-order valence-corrected chi connectivity index (χ4v) is 1.39. The standard InChI is InChI=1S/C13H21NO3/c1-4-16-5-6-17-13-8-11(9-15)7-12(14-13)10(2)3/h7-8,10,15H,4-6,9H2,1-3H3. The SMILES string of the molecule is CCOCCOc1cc(CO)cc(C(C)C)n1. The maximum atomic E-state index is 9.17. The zero-order valence-corrected chi connectivity index (χ0v) is 10.8. The third kappa shape index (κ3) is 4.71. The van der Waals surface area contributed by atoms with Gasteiger partial charge in [-0.25, -0.2) is 4.98 Å². The average Bonchev–Trinajstić information content (AvgIpc) is 2.34. The lowest BCUT2D eigenvalue weighted by molar-refractivity contribution is 0.108. The lowest BCUT2D eigenvalue weighted by Crippen LogP contribution is -2.08. The molecule has 1 rings (SSSR count). The number of hydrogen-bond donors (Lipinski definition) is 1. The Hall–Kier alpha value is -1.13. The highest BCUT2D eigenvalue weighted by Crippen LogP contribution is 2.19. The van der Waals surface area contributed by atoms with Gasteiger partial charge in [-0.05, 0) is 24.5 Å². The Morgan fingerprint density at radius 2 is 2.06 bits per heavy atom. The van der Waals surface area contributed by atoms with Crippen molar-refractivity contribution in [3.63, 3.8) is 0 Å². The molecule has 0 aliphatic rings. The molecule has 96 valence electrons. The molecule has 0 saturated heterocycles. The van der Waals surface area contributed by atoms with Crippen LogP contribution in [0.15, 0.2) is 12.1 Å². The maximum Gasteiger partial charge on any atom is 0.213 e. The van der Waals surface area contributed by atoms with E-state index in [0.29, 0.717) is 31.6 Å². The molecule has 0 aromatic carbocycles. The minimum atomic E-state index is 0.00403. The molecule has 1 heterocycles. The summed E-state index contributed by atoms with van der Waals surface area (Å²) in [6.07, 6.45) is 0. The predicted octanol–water partition coefficient (Wildman–Crippen LogP) is 2.11. The molecule has 0 spiro atoms. The summed E-state index contributed by atoms with van der Waals surface area (Å²) in [6, 6.07) is 3.66. The Morgan fingerprint density at radius 1 is 1.29 bits per heavy atom. The van der Waals surface area contributed by atoms with Crippen LogP contribution in [-0.4, -0.2) is 29.9 Å². The topological polar surface area (TPSA) is 51.6 Å². The summed E-state index contributed by atoms with van der Waals surface area (Å²) in [5.41, 5.74) is 1.76. The number of pyridine rings is 1. The van der Waals surface area contributed by atoms with Gasteiger partial charge in [-0.3, -0.25) is 0 Å². The van der Waals surface area contributed by atoms with E-state index in [0.717, 1.165) is 11.3 Å². The van der Waals surface area contributed by atoms with Gasteiger partial charge < -0.3 is 14.6 Å². The molecule has 0 bridgehead atoms. The van der Waals surface area contributed by atoms with Gasteiger partial charge in [0, 0.05) is 18.4 Å². The van der Waals surface area contributed by atoms with Crippen molar-refractivity contribution in [1.82, 2.24) is 4.98 Å². The zero-order chi connectivity index (χ0) is 12.7. The van der Waals surface area contributed by atoms with Crippen LogP contribution in [0.3, 0.4) is 0 Å². The minimum Gasteiger partial charge on any atom is -0.475 e. The van der Waals surface area contributed by atoms with Gasteiger partial charge in [0.25, 0.3) is 0 Å². The number of aliphatic hydroxyl groups is 1. The summed E-state index contributed by atoms with van der Waals surface area (Å²) in [5.74, 6) is 0.871. The van der Waals surface area contributed by atoms with E-state index < -0.39 is 0 Å². The second-order valence-corrected chi connectivity index (χ2v) is 4.10. The van der Waals surface area contributed by atoms with E-state index >= 15 is 0 Å². The smallest absolute Gasteiger partial charge is 0.213 e. The molecule has 1 N–H and O–H groups in total. The molecule has 0 aliphatic carbocycles. The Morgan fingerprint density at radius 3 is 2.65 bits per heavy atom. The normalized spacial score (nSPS) is 10.9. The van der Waals surface area contributed by atoms with Crippen molar-refractivity contribution < 1.29 is 14.6 Å². The van der Waals surface area contributed by atoms with Gasteiger partial charge in [-0.1, -0.05) is 13.8 Å². The molecule has 17 heavy (non-hydrogen) atoms. The number of rotatable bonds is 7. The zero-order valence-electron chi connectivity index (χ0n) is 10.8. The molecule has 4 nitrogen and oxygen atoms in total. The van der Waals surface area contributed by atoms with Crippen molar-refractivity contribution in [2.45, 2.75) is 33.3 Å². The van der Waals surface area contributed by atoms with E-state index in [1.54, 1.807) is 6.07 Å². The van der Waals surface area contributed by atoms with Crippen molar-refractivity contribution in [1.29, 1.82) is 0 Å². The lowest BCUT2D eigenvalue weighted by atomic mass is 10.1. The van der Waals surface area contributed by atoms with E-state index in [1.807, 2.05) is 13.0 Å². The Kier molecular flexibility index (Phi) is 5.94. The summed E-state index contributed by atoms with van der Waals surface area (Å²) in [4.78, 5) is 4.39. The Bertz CT molecular complexity index is 339. The molecule has 1 aromatic heterocycles. The van der Waals surface area contributed by atoms with Gasteiger partial charge in [-0.2, -0.15) is 0 Å². The summed E-state index contributed by atoms with van der Waals surface area (Å²) in [7, 11) is 0. The lowest BCUT2D eigenvalue weighted by Gasteiger charge is -2.11. The Labute approximate surface area is 103 Å². The average molecular weight is 239 g/mol. The molecular formula is C13H21NO3. The van der Waals surface area contributed by atoms with E-state index in [2.05, 4.69) is 18.8 Å². The minimum absolute atomic E-state index is 0.00403. The molecule has 0 radical (unpaired) electrons. The first-order valence-electron chi connectivity index (χ1n) is 5.99. The molecule has 0 fully saturated rings. The van der Waals surface area contributed by atoms with Crippen molar-refractivity contribution in [3.8, 4) is 5.88 Å². The maximum absolute atomic E-state index is 9.17. The van der Waals surface area contributed by atoms with Gasteiger partial charge in [-0.15, -0.1) is 0 Å². The van der Waals surface area contributed by atoms with Crippen LogP contribution in [0.25, 0.3) is 0 Å². The summed E-state index contributed by atoms with van der Waals surface area (Å²) < 4.78 is 10.7. The van der Waals surface area contributed by atoms with Crippen LogP contribution in [0, 0.1) is 0 Å². The Balaban J connectivity index is 2.66. The highest BCUT2D eigenvalue weighted by atomic mass is 16.5. The van der Waals surface area contributed by atoms with Crippen LogP contribution in [0.4, 0.5) is 0 Å². The van der Waals surface area contributed by atoms with Gasteiger partial charge in [0.1, 0.15) is 6.61 Å². The molecule has 0 saturated carbocycles. The van der Waals surface area contributed by atoms with Crippen LogP contribution in [0.2, 0.25) is 0 Å². The molecule has 0 unspecified atom stereocenters. The monoisotopic (exact) mass is 239 g/mol. The van der Waals surface area contributed by atoms with Crippen LogP contribution in [0.1, 0.15) is 37.9 Å². The number of aliphatic hydroxyl groups excluding tert-OH is 1. The first-order valence-corrected chi connectivity index (χ1v) is 5.99. The van der Waals surface area contributed by atoms with E-state index in [-0.39, 0.29) is 6.61 Å². The van der Waals surface area contributed by atoms with E-state index in [1.165, 1.54) is 0 Å². The predicted molar refractivity (Wildman–Crippen MR) is 66.2 cm³/mol. The fraction of sp³-hybridized carbons (Fsp3) is 0.615. The van der Waals surface area contributed by atoms with Crippen molar-refractivity contribution in [2.24, 2.45) is 0 Å². The largest absolute Gasteiger partial charge is 0.475 e. The molecule has 0 aliphatic heterocycles. The second-order valence-electron chi connectivity index (χ2n) is 4.10. The second kappa shape index (κ2) is 7.25. The summed E-state index contributed by atoms with van der Waals surface area (Å²) in [6.45, 7) is 7.79. The number of aromatic nitrogens is 1. The van der Waals surface area contributed by atoms with E-state index in [9.17, 15) is 0 Å². The third-order valence-electron chi connectivity index (χ3n) is 2.34. The van der Waals surface area contributed by atoms with Gasteiger partial charge in [0.2, 0.25) is 5.88 Å². The van der Waals surface area contributed by atoms with Gasteiger partial charge in [0.05, 0.1) is 13.2 Å². The van der Waals surface area contributed by atoms with Crippen LogP contribution in [0.5, 0.6) is 5.88 Å².